The van der Waals surface area contributed by atoms with E-state index < -0.39 is 7.82 Å². The van der Waals surface area contributed by atoms with Crippen LogP contribution >= 0.6 is 7.82 Å². The molecule has 6 nitrogen and oxygen atoms in total. The monoisotopic (exact) mass is 211 g/mol. The predicted octanol–water partition coefficient (Wildman–Crippen LogP) is -0.232. The first-order valence-electron chi connectivity index (χ1n) is 3.38. The number of nitrogens with one attached hydrogen (secondary N) is 1. The van der Waals surface area contributed by atoms with Gasteiger partial charge in [-0.3, -0.25) is 4.79 Å². The zero-order valence-corrected chi connectivity index (χ0v) is 8.36. The molecule has 0 aromatic carbocycles. The van der Waals surface area contributed by atoms with Crippen molar-refractivity contribution in [2.75, 3.05) is 0 Å². The molecule has 1 amide bonds. The first-order valence-corrected chi connectivity index (χ1v) is 4.94. The molecule has 0 rings (SSSR count). The number of carbonyl (C=O) groups is 1. The molecule has 0 aliphatic heterocycles. The molecule has 0 bridgehead atoms. The lowest BCUT2D eigenvalue weighted by atomic mass is 10.4. The van der Waals surface area contributed by atoms with Crippen molar-refractivity contribution in [1.82, 2.24) is 5.32 Å². The molecule has 78 valence electrons. The van der Waals surface area contributed by atoms with Gasteiger partial charge in [0, 0.05) is 6.04 Å². The molecule has 13 heavy (non-hydrogen) atoms. The maximum Gasteiger partial charge on any atom is 0.466 e. The molecule has 0 radical (unpaired) electrons. The average Bonchev–Trinajstić information content (AvgIpc) is 1.82. The van der Waals surface area contributed by atoms with Crippen LogP contribution in [0.2, 0.25) is 0 Å². The average molecular weight is 211 g/mol. The molecule has 0 atom stereocenters. The van der Waals surface area contributed by atoms with Gasteiger partial charge in [-0.1, -0.05) is 6.58 Å². The van der Waals surface area contributed by atoms with Crippen LogP contribution in [0.4, 0.5) is 0 Å². The highest BCUT2D eigenvalue weighted by Gasteiger charge is 2.00. The van der Waals surface area contributed by atoms with Crippen LogP contribution < -0.4 is 5.32 Å². The van der Waals surface area contributed by atoms with E-state index >= 15 is 0 Å². The molecular weight excluding hydrogens is 197 g/mol. The fraction of sp³-hybridized carbons (Fsp3) is 0.500. The Morgan fingerprint density at radius 2 is 1.77 bits per heavy atom. The van der Waals surface area contributed by atoms with Gasteiger partial charge in [0.05, 0.1) is 0 Å². The largest absolute Gasteiger partial charge is 0.466 e. The topological polar surface area (TPSA) is 107 Å². The molecule has 0 aliphatic carbocycles. The Balaban J connectivity index is 0. The SMILES string of the molecule is C=CC(=O)NC(C)C.O=P(O)(O)O. The molecule has 7 heteroatoms. The summed E-state index contributed by atoms with van der Waals surface area (Å²) >= 11 is 0. The van der Waals surface area contributed by atoms with E-state index in [1.165, 1.54) is 6.08 Å². The normalized spacial score (nSPS) is 10.0. The minimum absolute atomic E-state index is 0.111. The summed E-state index contributed by atoms with van der Waals surface area (Å²) in [6.45, 7) is 7.11. The lowest BCUT2D eigenvalue weighted by molar-refractivity contribution is -0.116. The van der Waals surface area contributed by atoms with Gasteiger partial charge in [-0.2, -0.15) is 0 Å². The Kier molecular flexibility index (Phi) is 7.75. The van der Waals surface area contributed by atoms with Crippen molar-refractivity contribution in [1.29, 1.82) is 0 Å². The van der Waals surface area contributed by atoms with Crippen molar-refractivity contribution in [2.45, 2.75) is 19.9 Å². The second-order valence-electron chi connectivity index (χ2n) is 2.38. The van der Waals surface area contributed by atoms with Crippen molar-refractivity contribution in [3.63, 3.8) is 0 Å². The van der Waals surface area contributed by atoms with Gasteiger partial charge < -0.3 is 20.0 Å². The quantitative estimate of drug-likeness (QED) is 0.372. The van der Waals surface area contributed by atoms with Gasteiger partial charge in [0.2, 0.25) is 5.91 Å². The van der Waals surface area contributed by atoms with Gasteiger partial charge in [-0.05, 0) is 19.9 Å². The molecule has 0 spiro atoms. The highest BCUT2D eigenvalue weighted by molar-refractivity contribution is 7.45. The van der Waals surface area contributed by atoms with E-state index in [0.29, 0.717) is 0 Å². The molecule has 0 saturated heterocycles. The van der Waals surface area contributed by atoms with Crippen LogP contribution in [0.5, 0.6) is 0 Å². The standard InChI is InChI=1S/C6H11NO.H3O4P/c1-4-6(8)7-5(2)3;1-5(2,3)4/h4-5H,1H2,2-3H3,(H,7,8);(H3,1,2,3,4). The number of hydrogen-bond acceptors (Lipinski definition) is 2. The maximum absolute atomic E-state index is 10.4. The van der Waals surface area contributed by atoms with Gasteiger partial charge in [-0.15, -0.1) is 0 Å². The van der Waals surface area contributed by atoms with E-state index in [4.69, 9.17) is 19.2 Å². The third kappa shape index (κ3) is 34.7. The van der Waals surface area contributed by atoms with Gasteiger partial charge >= 0.3 is 7.82 Å². The molecule has 0 aromatic heterocycles. The summed E-state index contributed by atoms with van der Waals surface area (Å²) in [4.78, 5) is 32.0. The van der Waals surface area contributed by atoms with E-state index in [-0.39, 0.29) is 11.9 Å². The minimum Gasteiger partial charge on any atom is -0.350 e. The smallest absolute Gasteiger partial charge is 0.350 e. The first-order chi connectivity index (χ1) is 5.66. The molecule has 0 heterocycles. The van der Waals surface area contributed by atoms with Crippen LogP contribution in [0, 0.1) is 0 Å². The zero-order valence-electron chi connectivity index (χ0n) is 7.47. The summed E-state index contributed by atoms with van der Waals surface area (Å²) in [7, 11) is -4.64. The Labute approximate surface area is 76.5 Å². The lowest BCUT2D eigenvalue weighted by Gasteiger charge is -2.02. The molecule has 4 N–H and O–H groups in total. The summed E-state index contributed by atoms with van der Waals surface area (Å²) in [5, 5.41) is 2.64. The van der Waals surface area contributed by atoms with Crippen LogP contribution in [0.25, 0.3) is 0 Å². The third-order valence-corrected chi connectivity index (χ3v) is 0.616. The van der Waals surface area contributed by atoms with Gasteiger partial charge in [0.15, 0.2) is 0 Å². The van der Waals surface area contributed by atoms with Crippen molar-refractivity contribution in [3.8, 4) is 0 Å². The summed E-state index contributed by atoms with van der Waals surface area (Å²) in [6, 6.07) is 0.209. The highest BCUT2D eigenvalue weighted by Crippen LogP contribution is 2.25. The number of rotatable bonds is 2. The number of amides is 1. The van der Waals surface area contributed by atoms with Crippen molar-refractivity contribution >= 4 is 13.7 Å². The fourth-order valence-electron chi connectivity index (χ4n) is 0.343. The van der Waals surface area contributed by atoms with Crippen molar-refractivity contribution in [2.24, 2.45) is 0 Å². The van der Waals surface area contributed by atoms with Crippen LogP contribution in [0.1, 0.15) is 13.8 Å². The molecule has 0 saturated carbocycles. The van der Waals surface area contributed by atoms with Crippen LogP contribution in [0.15, 0.2) is 12.7 Å². The summed E-state index contributed by atoms with van der Waals surface area (Å²) in [5.74, 6) is -0.111. The Bertz CT molecular complexity index is 201. The van der Waals surface area contributed by atoms with E-state index in [1.54, 1.807) is 0 Å². The maximum atomic E-state index is 10.4. The lowest BCUT2D eigenvalue weighted by Crippen LogP contribution is -2.27. The Morgan fingerprint density at radius 1 is 1.46 bits per heavy atom. The van der Waals surface area contributed by atoms with Crippen LogP contribution in [-0.2, 0) is 9.36 Å². The molecule has 0 fully saturated rings. The van der Waals surface area contributed by atoms with Crippen LogP contribution in [0.3, 0.4) is 0 Å². The second kappa shape index (κ2) is 6.80. The van der Waals surface area contributed by atoms with E-state index in [9.17, 15) is 4.79 Å². The fourth-order valence-corrected chi connectivity index (χ4v) is 0.343. The van der Waals surface area contributed by atoms with E-state index in [0.717, 1.165) is 0 Å². The first kappa shape index (κ1) is 14.8. The highest BCUT2D eigenvalue weighted by atomic mass is 31.2. The van der Waals surface area contributed by atoms with Crippen molar-refractivity contribution < 1.29 is 24.0 Å². The molecule has 0 unspecified atom stereocenters. The van der Waals surface area contributed by atoms with Gasteiger partial charge in [-0.25, -0.2) is 4.57 Å². The summed E-state index contributed by atoms with van der Waals surface area (Å²) in [5.41, 5.74) is 0. The molecule has 0 aromatic rings. The number of carbonyl (C=O) groups excluding carboxylic acids is 1. The zero-order chi connectivity index (χ0) is 11.1. The molecular formula is C6H14NO5P. The minimum atomic E-state index is -4.64. The van der Waals surface area contributed by atoms with E-state index in [2.05, 4.69) is 11.9 Å². The second-order valence-corrected chi connectivity index (χ2v) is 3.41. The van der Waals surface area contributed by atoms with E-state index in [1.807, 2.05) is 13.8 Å². The number of phosphoric acid groups is 1. The van der Waals surface area contributed by atoms with Crippen molar-refractivity contribution in [3.05, 3.63) is 12.7 Å². The third-order valence-electron chi connectivity index (χ3n) is 0.616. The van der Waals surface area contributed by atoms with Gasteiger partial charge in [0.25, 0.3) is 0 Å². The van der Waals surface area contributed by atoms with Crippen LogP contribution in [-0.4, -0.2) is 26.6 Å². The summed E-state index contributed by atoms with van der Waals surface area (Å²) in [6.07, 6.45) is 1.26. The molecule has 0 aliphatic rings. The Morgan fingerprint density at radius 3 is 1.85 bits per heavy atom. The van der Waals surface area contributed by atoms with Gasteiger partial charge in [0.1, 0.15) is 0 Å². The Hall–Kier alpha value is -0.680. The summed E-state index contributed by atoms with van der Waals surface area (Å²) < 4.78 is 8.88. The predicted molar refractivity (Wildman–Crippen MR) is 47.7 cm³/mol. The number of hydrogen-bond donors (Lipinski definition) is 4.